The summed E-state index contributed by atoms with van der Waals surface area (Å²) in [5.41, 5.74) is 0. The lowest BCUT2D eigenvalue weighted by Gasteiger charge is -2.35. The summed E-state index contributed by atoms with van der Waals surface area (Å²) in [6.45, 7) is 4.63. The first-order valence-electron chi connectivity index (χ1n) is 6.91. The highest BCUT2D eigenvalue weighted by molar-refractivity contribution is 5.20. The van der Waals surface area contributed by atoms with Gasteiger partial charge in [0, 0.05) is 6.04 Å². The molecule has 1 aliphatic carbocycles. The van der Waals surface area contributed by atoms with E-state index in [1.165, 1.54) is 6.42 Å². The maximum absolute atomic E-state index is 5.74. The second kappa shape index (κ2) is 7.39. The molecule has 0 unspecified atom stereocenters. The molecule has 3 heteroatoms. The molecule has 18 heavy (non-hydrogen) atoms. The van der Waals surface area contributed by atoms with Gasteiger partial charge in [-0.2, -0.15) is 0 Å². The van der Waals surface area contributed by atoms with Gasteiger partial charge in [0.15, 0.2) is 0 Å². The number of hydrogen-bond donors (Lipinski definition) is 1. The van der Waals surface area contributed by atoms with Crippen LogP contribution in [0.1, 0.15) is 26.2 Å². The maximum atomic E-state index is 5.74. The summed E-state index contributed by atoms with van der Waals surface area (Å²) in [4.78, 5) is 0. The fourth-order valence-electron chi connectivity index (χ4n) is 2.11. The third-order valence-electron chi connectivity index (χ3n) is 3.23. The van der Waals surface area contributed by atoms with Crippen LogP contribution in [0.15, 0.2) is 30.3 Å². The Labute approximate surface area is 109 Å². The number of rotatable bonds is 8. The molecule has 0 bridgehead atoms. The summed E-state index contributed by atoms with van der Waals surface area (Å²) in [7, 11) is 0. The lowest BCUT2D eigenvalue weighted by atomic mass is 9.89. The monoisotopic (exact) mass is 249 g/mol. The van der Waals surface area contributed by atoms with Crippen molar-refractivity contribution >= 4 is 0 Å². The van der Waals surface area contributed by atoms with Crippen LogP contribution in [0, 0.1) is 0 Å². The van der Waals surface area contributed by atoms with Crippen molar-refractivity contribution in [3.63, 3.8) is 0 Å². The van der Waals surface area contributed by atoms with E-state index in [9.17, 15) is 0 Å². The standard InChI is InChI=1S/C15H23NO2/c1-2-8-16-13-11-15(12-13)18-10-9-17-14-6-4-3-5-7-14/h3-7,13,15-16H,2,8-12H2,1H3. The fourth-order valence-corrected chi connectivity index (χ4v) is 2.11. The molecule has 0 saturated heterocycles. The molecule has 1 aliphatic rings. The van der Waals surface area contributed by atoms with Crippen molar-refractivity contribution in [1.82, 2.24) is 5.32 Å². The van der Waals surface area contributed by atoms with Crippen LogP contribution >= 0.6 is 0 Å². The van der Waals surface area contributed by atoms with E-state index in [1.54, 1.807) is 0 Å². The molecule has 1 saturated carbocycles. The van der Waals surface area contributed by atoms with Crippen LogP contribution in [0.5, 0.6) is 5.75 Å². The smallest absolute Gasteiger partial charge is 0.119 e. The Bertz CT molecular complexity index is 323. The molecule has 0 amide bonds. The summed E-state index contributed by atoms with van der Waals surface area (Å²) >= 11 is 0. The summed E-state index contributed by atoms with van der Waals surface area (Å²) in [6, 6.07) is 10.5. The van der Waals surface area contributed by atoms with Crippen LogP contribution < -0.4 is 10.1 Å². The first kappa shape index (κ1) is 13.4. The van der Waals surface area contributed by atoms with Crippen molar-refractivity contribution in [1.29, 1.82) is 0 Å². The average Bonchev–Trinajstić information content (AvgIpc) is 2.37. The first-order valence-corrected chi connectivity index (χ1v) is 6.91. The zero-order valence-electron chi connectivity index (χ0n) is 11.1. The molecule has 0 aliphatic heterocycles. The zero-order chi connectivity index (χ0) is 12.6. The van der Waals surface area contributed by atoms with Crippen LogP contribution in [-0.2, 0) is 4.74 Å². The van der Waals surface area contributed by atoms with E-state index < -0.39 is 0 Å². The fraction of sp³-hybridized carbons (Fsp3) is 0.600. The predicted octanol–water partition coefficient (Wildman–Crippen LogP) is 2.61. The van der Waals surface area contributed by atoms with Gasteiger partial charge in [0.2, 0.25) is 0 Å². The summed E-state index contributed by atoms with van der Waals surface area (Å²) in [6.07, 6.45) is 3.92. The molecule has 2 rings (SSSR count). The van der Waals surface area contributed by atoms with Crippen LogP contribution in [0.3, 0.4) is 0 Å². The van der Waals surface area contributed by atoms with Crippen molar-refractivity contribution < 1.29 is 9.47 Å². The van der Waals surface area contributed by atoms with E-state index in [4.69, 9.17) is 9.47 Å². The van der Waals surface area contributed by atoms with E-state index in [-0.39, 0.29) is 0 Å². The second-order valence-electron chi connectivity index (χ2n) is 4.78. The van der Waals surface area contributed by atoms with Gasteiger partial charge >= 0.3 is 0 Å². The molecule has 0 atom stereocenters. The number of para-hydroxylation sites is 1. The largest absolute Gasteiger partial charge is 0.491 e. The SMILES string of the molecule is CCCNC1CC(OCCOc2ccccc2)C1. The topological polar surface area (TPSA) is 30.5 Å². The number of nitrogens with one attached hydrogen (secondary N) is 1. The van der Waals surface area contributed by atoms with E-state index >= 15 is 0 Å². The highest BCUT2D eigenvalue weighted by atomic mass is 16.5. The molecule has 0 heterocycles. The van der Waals surface area contributed by atoms with E-state index in [2.05, 4.69) is 12.2 Å². The molecule has 1 N–H and O–H groups in total. The van der Waals surface area contributed by atoms with Crippen molar-refractivity contribution in [2.45, 2.75) is 38.3 Å². The number of benzene rings is 1. The highest BCUT2D eigenvalue weighted by Gasteiger charge is 2.28. The van der Waals surface area contributed by atoms with Crippen molar-refractivity contribution in [3.05, 3.63) is 30.3 Å². The van der Waals surface area contributed by atoms with Gasteiger partial charge in [-0.1, -0.05) is 25.1 Å². The zero-order valence-corrected chi connectivity index (χ0v) is 11.1. The van der Waals surface area contributed by atoms with Crippen LogP contribution in [0.4, 0.5) is 0 Å². The maximum Gasteiger partial charge on any atom is 0.119 e. The highest BCUT2D eigenvalue weighted by Crippen LogP contribution is 2.23. The molecule has 100 valence electrons. The molecular weight excluding hydrogens is 226 g/mol. The third kappa shape index (κ3) is 4.31. The normalized spacial score (nSPS) is 22.5. The number of ether oxygens (including phenoxy) is 2. The van der Waals surface area contributed by atoms with Gasteiger partial charge in [-0.15, -0.1) is 0 Å². The Hall–Kier alpha value is -1.06. The molecule has 0 aromatic heterocycles. The van der Waals surface area contributed by atoms with Gasteiger partial charge in [0.1, 0.15) is 12.4 Å². The van der Waals surface area contributed by atoms with Gasteiger partial charge in [-0.05, 0) is 37.9 Å². The lowest BCUT2D eigenvalue weighted by molar-refractivity contribution is -0.0268. The molecule has 0 radical (unpaired) electrons. The van der Waals surface area contributed by atoms with Gasteiger partial charge in [-0.25, -0.2) is 0 Å². The minimum Gasteiger partial charge on any atom is -0.491 e. The molecule has 0 spiro atoms. The summed E-state index contributed by atoms with van der Waals surface area (Å²) in [5.74, 6) is 0.914. The molecule has 1 fully saturated rings. The lowest BCUT2D eigenvalue weighted by Crippen LogP contribution is -2.46. The second-order valence-corrected chi connectivity index (χ2v) is 4.78. The van der Waals surface area contributed by atoms with Crippen LogP contribution in [0.2, 0.25) is 0 Å². The van der Waals surface area contributed by atoms with Crippen molar-refractivity contribution in [3.8, 4) is 5.75 Å². The predicted molar refractivity (Wildman–Crippen MR) is 73.0 cm³/mol. The Morgan fingerprint density at radius 3 is 2.67 bits per heavy atom. The first-order chi connectivity index (χ1) is 8.88. The van der Waals surface area contributed by atoms with Gasteiger partial charge in [-0.3, -0.25) is 0 Å². The van der Waals surface area contributed by atoms with E-state index in [0.29, 0.717) is 25.4 Å². The molecule has 3 nitrogen and oxygen atoms in total. The van der Waals surface area contributed by atoms with Crippen molar-refractivity contribution in [2.75, 3.05) is 19.8 Å². The van der Waals surface area contributed by atoms with E-state index in [0.717, 1.165) is 25.1 Å². The van der Waals surface area contributed by atoms with Crippen LogP contribution in [-0.4, -0.2) is 31.9 Å². The van der Waals surface area contributed by atoms with Crippen molar-refractivity contribution in [2.24, 2.45) is 0 Å². The van der Waals surface area contributed by atoms with Gasteiger partial charge < -0.3 is 14.8 Å². The van der Waals surface area contributed by atoms with Gasteiger partial charge in [0.05, 0.1) is 12.7 Å². The van der Waals surface area contributed by atoms with E-state index in [1.807, 2.05) is 30.3 Å². The molecule has 1 aromatic carbocycles. The quantitative estimate of drug-likeness (QED) is 0.718. The molecule has 1 aromatic rings. The third-order valence-corrected chi connectivity index (χ3v) is 3.23. The Kier molecular flexibility index (Phi) is 5.49. The minimum absolute atomic E-state index is 0.429. The van der Waals surface area contributed by atoms with Gasteiger partial charge in [0.25, 0.3) is 0 Å². The minimum atomic E-state index is 0.429. The Balaban J connectivity index is 1.48. The summed E-state index contributed by atoms with van der Waals surface area (Å²) in [5, 5.41) is 3.50. The molecular formula is C15H23NO2. The average molecular weight is 249 g/mol. The number of hydrogen-bond acceptors (Lipinski definition) is 3. The Morgan fingerprint density at radius 2 is 1.94 bits per heavy atom. The Morgan fingerprint density at radius 1 is 1.17 bits per heavy atom. The summed E-state index contributed by atoms with van der Waals surface area (Å²) < 4.78 is 11.3. The van der Waals surface area contributed by atoms with Crippen LogP contribution in [0.25, 0.3) is 0 Å².